The van der Waals surface area contributed by atoms with E-state index in [0.29, 0.717) is 29.5 Å². The van der Waals surface area contributed by atoms with E-state index in [4.69, 9.17) is 16.3 Å². The van der Waals surface area contributed by atoms with Crippen molar-refractivity contribution in [3.63, 3.8) is 0 Å². The van der Waals surface area contributed by atoms with Crippen LogP contribution in [0.1, 0.15) is 31.3 Å². The maximum absolute atomic E-state index is 9.20. The number of alkyl halides is 1. The minimum absolute atomic E-state index is 0.146. The van der Waals surface area contributed by atoms with Gasteiger partial charge >= 0.3 is 0 Å². The highest BCUT2D eigenvalue weighted by atomic mass is 35.5. The van der Waals surface area contributed by atoms with Crippen molar-refractivity contribution >= 4 is 22.6 Å². The second kappa shape index (κ2) is 6.25. The van der Waals surface area contributed by atoms with Crippen LogP contribution in [0.5, 0.6) is 0 Å². The average molecular weight is 292 g/mol. The number of nitriles is 1. The van der Waals surface area contributed by atoms with Gasteiger partial charge in [-0.3, -0.25) is 0 Å². The van der Waals surface area contributed by atoms with Crippen LogP contribution in [0.25, 0.3) is 11.0 Å². The smallest absolute Gasteiger partial charge is 0.125 e. The summed E-state index contributed by atoms with van der Waals surface area (Å²) in [6.07, 6.45) is 0. The first-order chi connectivity index (χ1) is 9.63. The molecule has 1 atom stereocenters. The Labute approximate surface area is 123 Å². The minimum atomic E-state index is 0.146. The van der Waals surface area contributed by atoms with E-state index in [1.54, 1.807) is 13.2 Å². The molecular formula is C15H18ClN3O. The summed E-state index contributed by atoms with van der Waals surface area (Å²) < 4.78 is 7.45. The molecular weight excluding hydrogens is 274 g/mol. The van der Waals surface area contributed by atoms with E-state index in [9.17, 15) is 5.26 Å². The van der Waals surface area contributed by atoms with Gasteiger partial charge in [0.05, 0.1) is 29.6 Å². The second-order valence-corrected chi connectivity index (χ2v) is 5.35. The number of nitrogens with zero attached hydrogens (tertiary/aromatic N) is 3. The van der Waals surface area contributed by atoms with Crippen LogP contribution >= 0.6 is 11.6 Å². The van der Waals surface area contributed by atoms with Gasteiger partial charge < -0.3 is 9.30 Å². The van der Waals surface area contributed by atoms with Gasteiger partial charge in [0.15, 0.2) is 0 Å². The first kappa shape index (κ1) is 14.8. The molecule has 0 radical (unpaired) electrons. The highest BCUT2D eigenvalue weighted by Crippen LogP contribution is 2.28. The fourth-order valence-corrected chi connectivity index (χ4v) is 2.64. The zero-order valence-electron chi connectivity index (χ0n) is 11.9. The van der Waals surface area contributed by atoms with Gasteiger partial charge in [0.1, 0.15) is 17.4 Å². The normalized spacial score (nSPS) is 12.8. The molecule has 5 heteroatoms. The lowest BCUT2D eigenvalue weighted by atomic mass is 10.0. The third kappa shape index (κ3) is 2.52. The summed E-state index contributed by atoms with van der Waals surface area (Å²) in [5, 5.41) is 9.20. The molecule has 1 aromatic carbocycles. The number of halogens is 1. The highest BCUT2D eigenvalue weighted by Gasteiger charge is 2.22. The number of fused-ring (bicyclic) bond motifs is 1. The molecule has 0 aliphatic carbocycles. The van der Waals surface area contributed by atoms with E-state index in [0.717, 1.165) is 11.3 Å². The van der Waals surface area contributed by atoms with E-state index < -0.39 is 0 Å². The Kier molecular flexibility index (Phi) is 4.64. The van der Waals surface area contributed by atoms with Gasteiger partial charge in [0.25, 0.3) is 0 Å². The quantitative estimate of drug-likeness (QED) is 0.792. The molecule has 0 aliphatic heterocycles. The number of imidazole rings is 1. The van der Waals surface area contributed by atoms with Crippen LogP contribution in [0.15, 0.2) is 18.2 Å². The monoisotopic (exact) mass is 291 g/mol. The maximum Gasteiger partial charge on any atom is 0.125 e. The fourth-order valence-electron chi connectivity index (χ4n) is 2.46. The summed E-state index contributed by atoms with van der Waals surface area (Å²) in [5.74, 6) is 1.46. The van der Waals surface area contributed by atoms with E-state index in [1.807, 2.05) is 12.1 Å². The summed E-state index contributed by atoms with van der Waals surface area (Å²) in [6.45, 7) is 4.87. The second-order valence-electron chi connectivity index (χ2n) is 5.08. The van der Waals surface area contributed by atoms with Gasteiger partial charge in [0.2, 0.25) is 0 Å². The van der Waals surface area contributed by atoms with Crippen LogP contribution in [0.2, 0.25) is 0 Å². The largest absolute Gasteiger partial charge is 0.383 e. The Morgan fingerprint density at radius 2 is 2.20 bits per heavy atom. The van der Waals surface area contributed by atoms with Gasteiger partial charge in [-0.25, -0.2) is 4.98 Å². The molecule has 1 unspecified atom stereocenters. The maximum atomic E-state index is 9.20. The molecule has 4 nitrogen and oxygen atoms in total. The topological polar surface area (TPSA) is 50.8 Å². The first-order valence-electron chi connectivity index (χ1n) is 6.58. The van der Waals surface area contributed by atoms with Crippen molar-refractivity contribution in [2.75, 3.05) is 13.7 Å². The van der Waals surface area contributed by atoms with Gasteiger partial charge in [-0.05, 0) is 18.1 Å². The number of para-hydroxylation sites is 1. The van der Waals surface area contributed by atoms with Crippen molar-refractivity contribution in [1.29, 1.82) is 5.26 Å². The first-order valence-corrected chi connectivity index (χ1v) is 7.12. The number of hydrogen-bond donors (Lipinski definition) is 0. The van der Waals surface area contributed by atoms with Crippen molar-refractivity contribution in [2.45, 2.75) is 25.8 Å². The predicted octanol–water partition coefficient (Wildman–Crippen LogP) is 3.49. The lowest BCUT2D eigenvalue weighted by Crippen LogP contribution is -2.22. The van der Waals surface area contributed by atoms with Crippen molar-refractivity contribution in [1.82, 2.24) is 9.55 Å². The van der Waals surface area contributed by atoms with Crippen LogP contribution < -0.4 is 0 Å². The summed E-state index contributed by atoms with van der Waals surface area (Å²) in [7, 11) is 1.69. The number of rotatable bonds is 5. The molecule has 106 valence electrons. The zero-order valence-corrected chi connectivity index (χ0v) is 12.7. The van der Waals surface area contributed by atoms with Crippen molar-refractivity contribution in [2.24, 2.45) is 5.92 Å². The number of methoxy groups -OCH3 is 1. The Morgan fingerprint density at radius 3 is 2.75 bits per heavy atom. The van der Waals surface area contributed by atoms with Crippen LogP contribution in [0.3, 0.4) is 0 Å². The van der Waals surface area contributed by atoms with Gasteiger partial charge in [-0.1, -0.05) is 19.9 Å². The van der Waals surface area contributed by atoms with E-state index in [2.05, 4.69) is 29.5 Å². The lowest BCUT2D eigenvalue weighted by molar-refractivity contribution is 0.134. The van der Waals surface area contributed by atoms with Crippen LogP contribution in [0.4, 0.5) is 0 Å². The predicted molar refractivity (Wildman–Crippen MR) is 79.8 cm³/mol. The SMILES string of the molecule is COCC(C(C)C)n1c(CCl)nc2c(C#N)cccc21. The molecule has 0 saturated carbocycles. The summed E-state index contributed by atoms with van der Waals surface area (Å²) in [6, 6.07) is 7.96. The minimum Gasteiger partial charge on any atom is -0.383 e. The van der Waals surface area contributed by atoms with E-state index >= 15 is 0 Å². The zero-order chi connectivity index (χ0) is 14.7. The van der Waals surface area contributed by atoms with Crippen LogP contribution in [-0.4, -0.2) is 23.3 Å². The molecule has 0 aliphatic rings. The fraction of sp³-hybridized carbons (Fsp3) is 0.467. The molecule has 2 aromatic rings. The Morgan fingerprint density at radius 1 is 1.45 bits per heavy atom. The Balaban J connectivity index is 2.70. The molecule has 0 saturated heterocycles. The number of benzene rings is 1. The highest BCUT2D eigenvalue weighted by molar-refractivity contribution is 6.16. The summed E-state index contributed by atoms with van der Waals surface area (Å²) in [5.41, 5.74) is 2.23. The standard InChI is InChI=1S/C15H18ClN3O/c1-10(2)13(9-20-3)19-12-6-4-5-11(8-17)15(12)18-14(19)7-16/h4-6,10,13H,7,9H2,1-3H3. The molecule has 1 aromatic heterocycles. The molecule has 0 bridgehead atoms. The van der Waals surface area contributed by atoms with Crippen molar-refractivity contribution < 1.29 is 4.74 Å². The number of ether oxygens (including phenoxy) is 1. The van der Waals surface area contributed by atoms with Gasteiger partial charge in [-0.2, -0.15) is 5.26 Å². The average Bonchev–Trinajstić information content (AvgIpc) is 2.82. The van der Waals surface area contributed by atoms with E-state index in [-0.39, 0.29) is 6.04 Å². The van der Waals surface area contributed by atoms with Crippen molar-refractivity contribution in [3.05, 3.63) is 29.6 Å². The molecule has 2 rings (SSSR count). The summed E-state index contributed by atoms with van der Waals surface area (Å²) in [4.78, 5) is 4.54. The Bertz CT molecular complexity index is 642. The van der Waals surface area contributed by atoms with E-state index in [1.165, 1.54) is 0 Å². The molecule has 1 heterocycles. The number of aromatic nitrogens is 2. The van der Waals surface area contributed by atoms with Gasteiger partial charge in [-0.15, -0.1) is 11.6 Å². The molecule has 20 heavy (non-hydrogen) atoms. The molecule has 0 N–H and O–H groups in total. The van der Waals surface area contributed by atoms with Crippen LogP contribution in [-0.2, 0) is 10.6 Å². The third-order valence-corrected chi connectivity index (χ3v) is 3.71. The molecule has 0 spiro atoms. The third-order valence-electron chi connectivity index (χ3n) is 3.47. The van der Waals surface area contributed by atoms with Crippen LogP contribution in [0, 0.1) is 17.2 Å². The molecule has 0 amide bonds. The lowest BCUT2D eigenvalue weighted by Gasteiger charge is -2.24. The van der Waals surface area contributed by atoms with Crippen molar-refractivity contribution in [3.8, 4) is 6.07 Å². The Hall–Kier alpha value is -1.57. The van der Waals surface area contributed by atoms with Gasteiger partial charge in [0, 0.05) is 7.11 Å². The summed E-state index contributed by atoms with van der Waals surface area (Å²) >= 11 is 6.04. The molecule has 0 fully saturated rings. The number of hydrogen-bond acceptors (Lipinski definition) is 3.